The summed E-state index contributed by atoms with van der Waals surface area (Å²) in [6.45, 7) is 6.24. The molecular formula is C28H30N4O3. The Labute approximate surface area is 204 Å². The lowest BCUT2D eigenvalue weighted by atomic mass is 9.95. The molecule has 2 aromatic heterocycles. The van der Waals surface area contributed by atoms with E-state index in [4.69, 9.17) is 4.52 Å². The fraction of sp³-hybridized carbons (Fsp3) is 0.321. The predicted octanol–water partition coefficient (Wildman–Crippen LogP) is 5.08. The predicted molar refractivity (Wildman–Crippen MR) is 136 cm³/mol. The maximum atomic E-state index is 13.3. The van der Waals surface area contributed by atoms with Gasteiger partial charge in [0.2, 0.25) is 0 Å². The summed E-state index contributed by atoms with van der Waals surface area (Å²) in [5.74, 6) is 0.814. The third-order valence-corrected chi connectivity index (χ3v) is 6.73. The summed E-state index contributed by atoms with van der Waals surface area (Å²) in [6, 6.07) is 15.8. The van der Waals surface area contributed by atoms with E-state index < -0.39 is 5.91 Å². The molecule has 0 bridgehead atoms. The molecule has 1 aliphatic carbocycles. The first-order chi connectivity index (χ1) is 16.8. The highest BCUT2D eigenvalue weighted by Gasteiger charge is 2.28. The van der Waals surface area contributed by atoms with Crippen LogP contribution in [-0.4, -0.2) is 20.4 Å². The molecule has 0 atom stereocenters. The second kappa shape index (κ2) is 9.06. The zero-order valence-electron chi connectivity index (χ0n) is 20.6. The molecule has 2 heterocycles. The quantitative estimate of drug-likeness (QED) is 0.441. The Bertz CT molecular complexity index is 1460. The van der Waals surface area contributed by atoms with E-state index in [0.717, 1.165) is 36.1 Å². The van der Waals surface area contributed by atoms with Gasteiger partial charge < -0.3 is 9.84 Å². The van der Waals surface area contributed by atoms with Gasteiger partial charge in [0.05, 0.1) is 11.4 Å². The summed E-state index contributed by atoms with van der Waals surface area (Å²) < 4.78 is 9.01. The molecule has 0 radical (unpaired) electrons. The third-order valence-electron chi connectivity index (χ3n) is 6.73. The van der Waals surface area contributed by atoms with Gasteiger partial charge >= 0.3 is 0 Å². The van der Waals surface area contributed by atoms with Gasteiger partial charge in [0.1, 0.15) is 5.69 Å². The van der Waals surface area contributed by atoms with Gasteiger partial charge in [-0.25, -0.2) is 4.68 Å². The van der Waals surface area contributed by atoms with Crippen molar-refractivity contribution in [3.05, 3.63) is 87.0 Å². The van der Waals surface area contributed by atoms with Crippen LogP contribution in [0, 0.1) is 12.8 Å². The molecule has 35 heavy (non-hydrogen) atoms. The number of carbonyl (C=O) groups excluding carboxylic acids is 1. The largest absolute Gasteiger partial charge is 0.355 e. The molecule has 0 fully saturated rings. The maximum Gasteiger partial charge on any atom is 0.295 e. The van der Waals surface area contributed by atoms with Crippen molar-refractivity contribution in [1.29, 1.82) is 0 Å². The highest BCUT2D eigenvalue weighted by atomic mass is 16.5. The van der Waals surface area contributed by atoms with Crippen LogP contribution in [0.3, 0.4) is 0 Å². The van der Waals surface area contributed by atoms with Crippen molar-refractivity contribution in [2.45, 2.75) is 46.5 Å². The zero-order valence-corrected chi connectivity index (χ0v) is 20.6. The number of hydrogen-bond acceptors (Lipinski definition) is 4. The second-order valence-electron chi connectivity index (χ2n) is 9.67. The van der Waals surface area contributed by atoms with Crippen molar-refractivity contribution >= 4 is 11.6 Å². The minimum Gasteiger partial charge on any atom is -0.355 e. The summed E-state index contributed by atoms with van der Waals surface area (Å²) in [5, 5.41) is 6.97. The molecule has 0 aliphatic heterocycles. The van der Waals surface area contributed by atoms with Crippen molar-refractivity contribution in [1.82, 2.24) is 14.5 Å². The number of amides is 1. The Morgan fingerprint density at radius 3 is 2.66 bits per heavy atom. The molecule has 2 aromatic carbocycles. The van der Waals surface area contributed by atoms with Crippen molar-refractivity contribution in [3.63, 3.8) is 0 Å². The van der Waals surface area contributed by atoms with E-state index in [1.54, 1.807) is 16.4 Å². The molecule has 5 rings (SSSR count). The lowest BCUT2D eigenvalue weighted by Gasteiger charge is -2.10. The number of anilines is 1. The summed E-state index contributed by atoms with van der Waals surface area (Å²) in [7, 11) is 1.80. The minimum absolute atomic E-state index is 0.241. The van der Waals surface area contributed by atoms with Crippen molar-refractivity contribution < 1.29 is 9.32 Å². The monoisotopic (exact) mass is 470 g/mol. The third kappa shape index (κ3) is 4.11. The van der Waals surface area contributed by atoms with Crippen molar-refractivity contribution in [2.75, 3.05) is 5.32 Å². The number of para-hydroxylation sites is 1. The molecule has 7 nitrogen and oxygen atoms in total. The summed E-state index contributed by atoms with van der Waals surface area (Å²) in [4.78, 5) is 26.5. The van der Waals surface area contributed by atoms with E-state index >= 15 is 0 Å². The molecule has 0 unspecified atom stereocenters. The van der Waals surface area contributed by atoms with E-state index in [0.29, 0.717) is 23.8 Å². The van der Waals surface area contributed by atoms with E-state index in [2.05, 4.69) is 42.5 Å². The van der Waals surface area contributed by atoms with Gasteiger partial charge in [0, 0.05) is 18.2 Å². The molecule has 1 amide bonds. The number of carbonyl (C=O) groups is 1. The summed E-state index contributed by atoms with van der Waals surface area (Å²) in [6.07, 6.45) is 3.54. The number of fused-ring (bicyclic) bond motifs is 3. The molecular weight excluding hydrogens is 440 g/mol. The molecule has 0 spiro atoms. The van der Waals surface area contributed by atoms with Crippen LogP contribution in [0.2, 0.25) is 0 Å². The SMILES string of the molecule is Cc1c(NC(=O)c2noc3c2CCCc2cc(CC(C)C)ccc2-3)c(=O)n(-c2ccccc2)n1C. The molecule has 4 aromatic rings. The van der Waals surface area contributed by atoms with E-state index in [1.165, 1.54) is 11.1 Å². The van der Waals surface area contributed by atoms with Crippen LogP contribution in [0.25, 0.3) is 17.0 Å². The molecule has 0 saturated heterocycles. The van der Waals surface area contributed by atoms with Crippen molar-refractivity contribution in [3.8, 4) is 17.0 Å². The van der Waals surface area contributed by atoms with Gasteiger partial charge in [-0.1, -0.05) is 55.4 Å². The Morgan fingerprint density at radius 2 is 1.91 bits per heavy atom. The highest BCUT2D eigenvalue weighted by molar-refractivity contribution is 6.05. The summed E-state index contributed by atoms with van der Waals surface area (Å²) >= 11 is 0. The maximum absolute atomic E-state index is 13.3. The van der Waals surface area contributed by atoms with Crippen LogP contribution in [0.1, 0.15) is 53.1 Å². The molecule has 180 valence electrons. The number of nitrogens with one attached hydrogen (secondary N) is 1. The highest BCUT2D eigenvalue weighted by Crippen LogP contribution is 2.35. The zero-order chi connectivity index (χ0) is 24.7. The average molecular weight is 471 g/mol. The van der Waals surface area contributed by atoms with Gasteiger partial charge in [-0.3, -0.25) is 14.3 Å². The standard InChI is InChI=1S/C28H30N4O3/c1-17(2)15-19-13-14-22-20(16-19)9-8-12-23-25(30-35-26(22)23)27(33)29-24-18(3)31(4)32(28(24)34)21-10-6-5-7-11-21/h5-7,10-11,13-14,16-17H,8-9,12,15H2,1-4H3,(H,29,33). The van der Waals surface area contributed by atoms with E-state index in [1.807, 2.05) is 37.3 Å². The van der Waals surface area contributed by atoms with Crippen LogP contribution < -0.4 is 10.9 Å². The van der Waals surface area contributed by atoms with Gasteiger partial charge in [-0.05, 0) is 61.8 Å². The van der Waals surface area contributed by atoms with Crippen LogP contribution in [0.15, 0.2) is 57.8 Å². The lowest BCUT2D eigenvalue weighted by Crippen LogP contribution is -2.23. The number of aryl methyl sites for hydroxylation is 1. The fourth-order valence-electron chi connectivity index (χ4n) is 4.95. The minimum atomic E-state index is -0.430. The normalized spacial score (nSPS) is 12.8. The first kappa shape index (κ1) is 22.9. The number of benzene rings is 2. The van der Waals surface area contributed by atoms with Gasteiger partial charge in [-0.15, -0.1) is 0 Å². The van der Waals surface area contributed by atoms with Crippen LogP contribution in [0.5, 0.6) is 0 Å². The number of hydrogen-bond donors (Lipinski definition) is 1. The first-order valence-electron chi connectivity index (χ1n) is 12.1. The van der Waals surface area contributed by atoms with Crippen LogP contribution >= 0.6 is 0 Å². The fourth-order valence-corrected chi connectivity index (χ4v) is 4.95. The number of rotatable bonds is 5. The molecule has 0 saturated carbocycles. The molecule has 7 heteroatoms. The van der Waals surface area contributed by atoms with Gasteiger partial charge in [0.25, 0.3) is 11.5 Å². The van der Waals surface area contributed by atoms with Crippen molar-refractivity contribution in [2.24, 2.45) is 13.0 Å². The Balaban J connectivity index is 1.48. The Kier molecular flexibility index (Phi) is 5.93. The Morgan fingerprint density at radius 1 is 1.14 bits per heavy atom. The molecule has 1 N–H and O–H groups in total. The van der Waals surface area contributed by atoms with Crippen LogP contribution in [0.4, 0.5) is 5.69 Å². The number of aromatic nitrogens is 3. The summed E-state index contributed by atoms with van der Waals surface area (Å²) in [5.41, 5.74) is 5.93. The average Bonchev–Trinajstić information content (AvgIpc) is 3.27. The second-order valence-corrected chi connectivity index (χ2v) is 9.67. The Hall–Kier alpha value is -3.87. The lowest BCUT2D eigenvalue weighted by molar-refractivity contribution is 0.101. The smallest absolute Gasteiger partial charge is 0.295 e. The topological polar surface area (TPSA) is 82.1 Å². The molecule has 1 aliphatic rings. The van der Waals surface area contributed by atoms with E-state index in [9.17, 15) is 9.59 Å². The van der Waals surface area contributed by atoms with Crippen LogP contribution in [-0.2, 0) is 26.3 Å². The first-order valence-corrected chi connectivity index (χ1v) is 12.1. The number of nitrogens with zero attached hydrogens (tertiary/aromatic N) is 3. The van der Waals surface area contributed by atoms with E-state index in [-0.39, 0.29) is 16.9 Å². The van der Waals surface area contributed by atoms with Gasteiger partial charge in [-0.2, -0.15) is 0 Å². The van der Waals surface area contributed by atoms with Gasteiger partial charge in [0.15, 0.2) is 11.5 Å².